The number of carbonyl (C=O) groups is 2. The lowest BCUT2D eigenvalue weighted by molar-refractivity contribution is 0.0723. The minimum atomic E-state index is -0.415. The second-order valence-electron chi connectivity index (χ2n) is 18.1. The van der Waals surface area contributed by atoms with Crippen LogP contribution < -0.4 is 9.47 Å². The summed E-state index contributed by atoms with van der Waals surface area (Å²) in [7, 11) is 0. The zero-order valence-electron chi connectivity index (χ0n) is 36.2. The molecular formula is C56H62O4. The van der Waals surface area contributed by atoms with E-state index in [1.807, 2.05) is 48.5 Å². The molecule has 0 heterocycles. The van der Waals surface area contributed by atoms with Gasteiger partial charge in [0, 0.05) is 11.1 Å². The molecule has 2 aliphatic rings. The van der Waals surface area contributed by atoms with Crippen molar-refractivity contribution in [2.24, 2.45) is 11.8 Å². The van der Waals surface area contributed by atoms with Crippen LogP contribution in [0.25, 0.3) is 32.7 Å². The summed E-state index contributed by atoms with van der Waals surface area (Å²) in [6.07, 6.45) is 17.9. The van der Waals surface area contributed by atoms with Crippen molar-refractivity contribution in [1.29, 1.82) is 0 Å². The molecule has 6 aromatic rings. The van der Waals surface area contributed by atoms with Crippen LogP contribution in [-0.4, -0.2) is 11.9 Å². The Bertz CT molecular complexity index is 2250. The number of unbranched alkanes of at least 4 members (excludes halogenated alkanes) is 2. The van der Waals surface area contributed by atoms with Gasteiger partial charge in [-0.3, -0.25) is 0 Å². The SMILES string of the molecule is CCCCC1CCC(c2ccc(C(=O)Oc3ccc4cc(C)ccc4c3-c3c(OC(=O)c4ccc(C5CCC(CCCC)CC5)cc4)ccc4cc(C)ccc34)cc2)CC1. The predicted octanol–water partition coefficient (Wildman–Crippen LogP) is 15.6. The van der Waals surface area contributed by atoms with Gasteiger partial charge in [0.1, 0.15) is 11.5 Å². The molecule has 60 heavy (non-hydrogen) atoms. The molecule has 2 saturated carbocycles. The van der Waals surface area contributed by atoms with E-state index in [-0.39, 0.29) is 0 Å². The Balaban J connectivity index is 1.09. The monoisotopic (exact) mass is 798 g/mol. The highest BCUT2D eigenvalue weighted by molar-refractivity contribution is 6.11. The van der Waals surface area contributed by atoms with Crippen molar-refractivity contribution in [3.05, 3.63) is 143 Å². The summed E-state index contributed by atoms with van der Waals surface area (Å²) in [4.78, 5) is 28.1. The van der Waals surface area contributed by atoms with Crippen molar-refractivity contribution in [2.45, 2.75) is 129 Å². The lowest BCUT2D eigenvalue weighted by atomic mass is 9.77. The third-order valence-corrected chi connectivity index (χ3v) is 13.8. The number of carbonyl (C=O) groups excluding carboxylic acids is 2. The van der Waals surface area contributed by atoms with E-state index in [0.29, 0.717) is 34.5 Å². The zero-order chi connectivity index (χ0) is 41.6. The van der Waals surface area contributed by atoms with Gasteiger partial charge in [-0.15, -0.1) is 0 Å². The Hall–Kier alpha value is -5.22. The fourth-order valence-electron chi connectivity index (χ4n) is 10.2. The minimum Gasteiger partial charge on any atom is -0.422 e. The molecular weight excluding hydrogens is 737 g/mol. The van der Waals surface area contributed by atoms with E-state index in [1.54, 1.807) is 0 Å². The molecule has 0 amide bonds. The number of fused-ring (bicyclic) bond motifs is 2. The molecule has 0 aromatic heterocycles. The molecule has 0 aliphatic heterocycles. The summed E-state index contributed by atoms with van der Waals surface area (Å²) in [5.74, 6) is 2.80. The van der Waals surface area contributed by atoms with Crippen LogP contribution in [0, 0.1) is 25.7 Å². The van der Waals surface area contributed by atoms with Crippen LogP contribution in [-0.2, 0) is 0 Å². The molecule has 310 valence electrons. The van der Waals surface area contributed by atoms with Crippen molar-refractivity contribution in [3.63, 3.8) is 0 Å². The van der Waals surface area contributed by atoms with Crippen LogP contribution in [0.4, 0.5) is 0 Å². The smallest absolute Gasteiger partial charge is 0.343 e. The average Bonchev–Trinajstić information content (AvgIpc) is 3.28. The number of hydrogen-bond donors (Lipinski definition) is 0. The summed E-state index contributed by atoms with van der Waals surface area (Å²) < 4.78 is 12.8. The van der Waals surface area contributed by atoms with Crippen molar-refractivity contribution < 1.29 is 19.1 Å². The van der Waals surface area contributed by atoms with E-state index in [2.05, 4.69) is 88.4 Å². The molecule has 2 fully saturated rings. The summed E-state index contributed by atoms with van der Waals surface area (Å²) in [5.41, 5.74) is 7.33. The standard InChI is InChI=1S/C56H62O4/c1-5-7-9-39-13-17-41(18-14-39)43-21-25-45(26-22-43)55(57)59-51-33-29-47-35-37(3)11-31-49(47)53(51)54-50-32-12-38(4)36-48(50)30-34-52(54)60-56(58)46-27-23-44(24-28-46)42-19-15-40(16-20-42)10-8-6-2/h11-12,21-36,39-42H,5-10,13-20H2,1-4H3. The third-order valence-electron chi connectivity index (χ3n) is 13.8. The molecule has 0 bridgehead atoms. The minimum absolute atomic E-state index is 0.415. The maximum absolute atomic E-state index is 14.1. The molecule has 0 atom stereocenters. The molecule has 8 rings (SSSR count). The second kappa shape index (κ2) is 19.0. The van der Waals surface area contributed by atoms with Gasteiger partial charge in [0.2, 0.25) is 0 Å². The molecule has 4 nitrogen and oxygen atoms in total. The Labute approximate surface area is 357 Å². The van der Waals surface area contributed by atoms with Crippen LogP contribution in [0.3, 0.4) is 0 Å². The van der Waals surface area contributed by atoms with E-state index in [0.717, 1.165) is 55.6 Å². The summed E-state index contributed by atoms with van der Waals surface area (Å²) >= 11 is 0. The van der Waals surface area contributed by atoms with E-state index < -0.39 is 11.9 Å². The quantitative estimate of drug-likeness (QED) is 0.0862. The number of rotatable bonds is 13. The first-order valence-corrected chi connectivity index (χ1v) is 23.0. The van der Waals surface area contributed by atoms with Crippen molar-refractivity contribution in [2.75, 3.05) is 0 Å². The van der Waals surface area contributed by atoms with Crippen LogP contribution in [0.5, 0.6) is 11.5 Å². The Morgan fingerprint density at radius 3 is 1.23 bits per heavy atom. The van der Waals surface area contributed by atoms with Gasteiger partial charge in [-0.1, -0.05) is 136 Å². The first-order chi connectivity index (χ1) is 29.3. The third kappa shape index (κ3) is 9.39. The largest absolute Gasteiger partial charge is 0.422 e. The van der Waals surface area contributed by atoms with Crippen molar-refractivity contribution in [1.82, 2.24) is 0 Å². The molecule has 6 aromatic carbocycles. The van der Waals surface area contributed by atoms with Gasteiger partial charge in [0.05, 0.1) is 11.1 Å². The maximum atomic E-state index is 14.1. The number of hydrogen-bond acceptors (Lipinski definition) is 4. The summed E-state index contributed by atoms with van der Waals surface area (Å²) in [5, 5.41) is 3.84. The molecule has 2 aliphatic carbocycles. The number of ether oxygens (including phenoxy) is 2. The zero-order valence-corrected chi connectivity index (χ0v) is 36.2. The maximum Gasteiger partial charge on any atom is 0.343 e. The van der Waals surface area contributed by atoms with Crippen LogP contribution in [0.2, 0.25) is 0 Å². The Morgan fingerprint density at radius 1 is 0.483 bits per heavy atom. The molecule has 0 N–H and O–H groups in total. The van der Waals surface area contributed by atoms with Gasteiger partial charge in [-0.2, -0.15) is 0 Å². The predicted molar refractivity (Wildman–Crippen MR) is 248 cm³/mol. The summed E-state index contributed by atoms with van der Waals surface area (Å²) in [6.45, 7) is 8.70. The van der Waals surface area contributed by atoms with Gasteiger partial charge in [-0.25, -0.2) is 9.59 Å². The lowest BCUT2D eigenvalue weighted by Crippen LogP contribution is -2.14. The highest BCUT2D eigenvalue weighted by Crippen LogP contribution is 2.47. The Kier molecular flexibility index (Phi) is 13.2. The van der Waals surface area contributed by atoms with E-state index in [1.165, 1.54) is 101 Å². The first-order valence-electron chi connectivity index (χ1n) is 23.0. The van der Waals surface area contributed by atoms with Gasteiger partial charge in [0.25, 0.3) is 0 Å². The number of aryl methyl sites for hydroxylation is 2. The highest BCUT2D eigenvalue weighted by Gasteiger charge is 2.26. The van der Waals surface area contributed by atoms with Gasteiger partial charge < -0.3 is 9.47 Å². The normalized spacial score (nSPS) is 19.3. The van der Waals surface area contributed by atoms with Crippen LogP contribution >= 0.6 is 0 Å². The molecule has 0 unspecified atom stereocenters. The van der Waals surface area contributed by atoms with E-state index in [9.17, 15) is 9.59 Å². The molecule has 4 heteroatoms. The van der Waals surface area contributed by atoms with Crippen molar-refractivity contribution >= 4 is 33.5 Å². The van der Waals surface area contributed by atoms with Gasteiger partial charge in [0.15, 0.2) is 0 Å². The number of esters is 2. The van der Waals surface area contributed by atoms with Gasteiger partial charge >= 0.3 is 11.9 Å². The Morgan fingerprint density at radius 2 is 0.867 bits per heavy atom. The van der Waals surface area contributed by atoms with Crippen molar-refractivity contribution in [3.8, 4) is 22.6 Å². The van der Waals surface area contributed by atoms with Gasteiger partial charge in [-0.05, 0) is 158 Å². The van der Waals surface area contributed by atoms with E-state index >= 15 is 0 Å². The molecule has 0 saturated heterocycles. The average molecular weight is 799 g/mol. The lowest BCUT2D eigenvalue weighted by Gasteiger charge is -2.29. The van der Waals surface area contributed by atoms with Crippen LogP contribution in [0.1, 0.15) is 159 Å². The second-order valence-corrected chi connectivity index (χ2v) is 18.1. The highest BCUT2D eigenvalue weighted by atomic mass is 16.5. The van der Waals surface area contributed by atoms with Crippen LogP contribution in [0.15, 0.2) is 109 Å². The first kappa shape index (κ1) is 41.5. The van der Waals surface area contributed by atoms with E-state index in [4.69, 9.17) is 9.47 Å². The topological polar surface area (TPSA) is 52.6 Å². The molecule has 0 spiro atoms. The summed E-state index contributed by atoms with van der Waals surface area (Å²) in [6, 6.07) is 36.5. The molecule has 0 radical (unpaired) electrons. The fourth-order valence-corrected chi connectivity index (χ4v) is 10.2. The number of benzene rings is 6. The fraction of sp³-hybridized carbons (Fsp3) is 0.393.